The first-order chi connectivity index (χ1) is 13.1. The first kappa shape index (κ1) is 17.2. The van der Waals surface area contributed by atoms with Crippen molar-refractivity contribution in [3.8, 4) is 16.9 Å². The highest BCUT2D eigenvalue weighted by atomic mass is 79.9. The molecule has 3 aromatic rings. The van der Waals surface area contributed by atoms with Crippen molar-refractivity contribution >= 4 is 33.2 Å². The number of carbonyl (C=O) groups excluding carboxylic acids is 1. The number of aryl methyl sites for hydroxylation is 1. The largest absolute Gasteiger partial charge is 0.323 e. The molecule has 1 aliphatic carbocycles. The van der Waals surface area contributed by atoms with Crippen molar-refractivity contribution in [2.75, 3.05) is 26.8 Å². The van der Waals surface area contributed by atoms with E-state index in [0.29, 0.717) is 12.4 Å². The lowest BCUT2D eigenvalue weighted by atomic mass is 9.94. The molecule has 0 bridgehead atoms. The summed E-state index contributed by atoms with van der Waals surface area (Å²) < 4.78 is 2.99. The molecule has 0 N–H and O–H groups in total. The van der Waals surface area contributed by atoms with Crippen molar-refractivity contribution in [3.63, 3.8) is 0 Å². The van der Waals surface area contributed by atoms with Gasteiger partial charge in [-0.3, -0.25) is 9.69 Å². The molecule has 1 fully saturated rings. The van der Waals surface area contributed by atoms with Crippen molar-refractivity contribution in [1.29, 1.82) is 0 Å². The van der Waals surface area contributed by atoms with Crippen LogP contribution in [0.5, 0.6) is 0 Å². The van der Waals surface area contributed by atoms with Crippen molar-refractivity contribution in [3.05, 3.63) is 56.3 Å². The van der Waals surface area contributed by atoms with Gasteiger partial charge in [-0.25, -0.2) is 4.68 Å². The number of likely N-dealkylation sites (N-methyl/N-ethyl adjacent to an activating group) is 1. The van der Waals surface area contributed by atoms with Gasteiger partial charge in [0.2, 0.25) is 0 Å². The molecule has 138 valence electrons. The van der Waals surface area contributed by atoms with Crippen molar-refractivity contribution in [2.24, 2.45) is 0 Å². The van der Waals surface area contributed by atoms with Crippen LogP contribution in [-0.4, -0.2) is 52.3 Å². The molecular formula is C20H19BrN4OS. The van der Waals surface area contributed by atoms with Gasteiger partial charge in [-0.2, -0.15) is 5.10 Å². The maximum atomic E-state index is 13.2. The Morgan fingerprint density at radius 2 is 1.96 bits per heavy atom. The number of aromatic nitrogens is 2. The Bertz CT molecular complexity index is 1020. The molecule has 2 aliphatic rings. The number of fused-ring (bicyclic) bond motifs is 3. The van der Waals surface area contributed by atoms with Crippen LogP contribution in [0.3, 0.4) is 0 Å². The number of hydrogen-bond donors (Lipinski definition) is 0. The minimum Gasteiger partial charge on any atom is -0.323 e. The molecule has 1 amide bonds. The molecule has 5 nitrogen and oxygen atoms in total. The second-order valence-corrected chi connectivity index (χ2v) is 9.03. The summed E-state index contributed by atoms with van der Waals surface area (Å²) >= 11 is 5.29. The van der Waals surface area contributed by atoms with Gasteiger partial charge in [0.05, 0.1) is 18.1 Å². The van der Waals surface area contributed by atoms with Crippen LogP contribution in [0.25, 0.3) is 16.9 Å². The van der Waals surface area contributed by atoms with Gasteiger partial charge in [0.15, 0.2) is 5.69 Å². The number of benzene rings is 1. The standard InChI is InChI=1S/C20H19BrN4OS/c1-23-9-10-24(12-23)20(26)18-16-6-7-17-15(8-11-27-17)19(16)25(22-18)14-4-2-13(21)3-5-14/h2-5,8,11H,6-7,9-10,12H2,1H3. The molecule has 3 heterocycles. The van der Waals surface area contributed by atoms with Crippen LogP contribution in [0.1, 0.15) is 20.9 Å². The molecule has 7 heteroatoms. The fourth-order valence-corrected chi connectivity index (χ4v) is 5.07. The Balaban J connectivity index is 1.67. The SMILES string of the molecule is CN1CCN(C(=O)c2nn(-c3ccc(Br)cc3)c3c2CCc2sccc2-3)C1. The lowest BCUT2D eigenvalue weighted by Gasteiger charge is -2.17. The predicted molar refractivity (Wildman–Crippen MR) is 111 cm³/mol. The number of amides is 1. The Kier molecular flexibility index (Phi) is 4.18. The molecule has 2 aromatic heterocycles. The second kappa shape index (κ2) is 6.58. The molecule has 1 saturated heterocycles. The first-order valence-corrected chi connectivity index (χ1v) is 10.7. The van der Waals surface area contributed by atoms with Crippen LogP contribution in [0, 0.1) is 0 Å². The van der Waals surface area contributed by atoms with E-state index in [2.05, 4.69) is 32.3 Å². The average Bonchev–Trinajstić information content (AvgIpc) is 3.38. The van der Waals surface area contributed by atoms with Gasteiger partial charge in [-0.1, -0.05) is 15.9 Å². The summed E-state index contributed by atoms with van der Waals surface area (Å²) in [6.45, 7) is 2.34. The van der Waals surface area contributed by atoms with Crippen LogP contribution in [-0.2, 0) is 12.8 Å². The molecule has 0 saturated carbocycles. The fourth-order valence-electron chi connectivity index (χ4n) is 3.93. The highest BCUT2D eigenvalue weighted by Crippen LogP contribution is 2.39. The Hall–Kier alpha value is -1.96. The van der Waals surface area contributed by atoms with Gasteiger partial charge >= 0.3 is 0 Å². The molecule has 0 atom stereocenters. The smallest absolute Gasteiger partial charge is 0.275 e. The van der Waals surface area contributed by atoms with E-state index in [0.717, 1.165) is 47.3 Å². The van der Waals surface area contributed by atoms with Gasteiger partial charge in [-0.15, -0.1) is 11.3 Å². The van der Waals surface area contributed by atoms with E-state index >= 15 is 0 Å². The normalized spacial score (nSPS) is 16.4. The van der Waals surface area contributed by atoms with Crippen LogP contribution < -0.4 is 0 Å². The molecular weight excluding hydrogens is 424 g/mol. The minimum atomic E-state index is 0.0464. The first-order valence-electron chi connectivity index (χ1n) is 9.04. The van der Waals surface area contributed by atoms with E-state index in [-0.39, 0.29) is 5.91 Å². The zero-order valence-corrected chi connectivity index (χ0v) is 17.4. The second-order valence-electron chi connectivity index (χ2n) is 7.11. The highest BCUT2D eigenvalue weighted by Gasteiger charge is 2.33. The van der Waals surface area contributed by atoms with Crippen LogP contribution >= 0.6 is 27.3 Å². The van der Waals surface area contributed by atoms with Crippen LogP contribution in [0.4, 0.5) is 0 Å². The maximum absolute atomic E-state index is 13.2. The summed E-state index contributed by atoms with van der Waals surface area (Å²) in [4.78, 5) is 18.7. The van der Waals surface area contributed by atoms with Gasteiger partial charge < -0.3 is 4.90 Å². The molecule has 1 aromatic carbocycles. The fraction of sp³-hybridized carbons (Fsp3) is 0.300. The van der Waals surface area contributed by atoms with Crippen LogP contribution in [0.15, 0.2) is 40.2 Å². The summed E-state index contributed by atoms with van der Waals surface area (Å²) in [6.07, 6.45) is 1.84. The van der Waals surface area contributed by atoms with Crippen molar-refractivity contribution in [1.82, 2.24) is 19.6 Å². The zero-order chi connectivity index (χ0) is 18.5. The number of carbonyl (C=O) groups is 1. The summed E-state index contributed by atoms with van der Waals surface area (Å²) in [5.41, 5.74) is 4.97. The molecule has 0 spiro atoms. The number of rotatable bonds is 2. The molecule has 1 aliphatic heterocycles. The highest BCUT2D eigenvalue weighted by molar-refractivity contribution is 9.10. The molecule has 27 heavy (non-hydrogen) atoms. The maximum Gasteiger partial charge on any atom is 0.275 e. The Morgan fingerprint density at radius 1 is 1.15 bits per heavy atom. The van der Waals surface area contributed by atoms with Gasteiger partial charge in [-0.05, 0) is 55.6 Å². The van der Waals surface area contributed by atoms with E-state index in [1.807, 2.05) is 40.9 Å². The number of thiophene rings is 1. The van der Waals surface area contributed by atoms with E-state index < -0.39 is 0 Å². The number of halogens is 1. The van der Waals surface area contributed by atoms with Gasteiger partial charge in [0, 0.05) is 33.6 Å². The third-order valence-electron chi connectivity index (χ3n) is 5.31. The summed E-state index contributed by atoms with van der Waals surface area (Å²) in [5, 5.41) is 6.97. The summed E-state index contributed by atoms with van der Waals surface area (Å²) in [7, 11) is 2.04. The topological polar surface area (TPSA) is 41.4 Å². The number of hydrogen-bond acceptors (Lipinski definition) is 4. The van der Waals surface area contributed by atoms with E-state index in [1.165, 1.54) is 10.4 Å². The summed E-state index contributed by atoms with van der Waals surface area (Å²) in [5.74, 6) is 0.0464. The predicted octanol–water partition coefficient (Wildman–Crippen LogP) is 3.81. The Morgan fingerprint density at radius 3 is 2.70 bits per heavy atom. The molecule has 5 rings (SSSR count). The monoisotopic (exact) mass is 442 g/mol. The van der Waals surface area contributed by atoms with E-state index in [4.69, 9.17) is 5.10 Å². The van der Waals surface area contributed by atoms with Gasteiger partial charge in [0.1, 0.15) is 0 Å². The number of nitrogens with zero attached hydrogens (tertiary/aromatic N) is 4. The third-order valence-corrected chi connectivity index (χ3v) is 6.82. The quantitative estimate of drug-likeness (QED) is 0.605. The Labute approximate surface area is 170 Å². The lowest BCUT2D eigenvalue weighted by Crippen LogP contribution is -2.31. The van der Waals surface area contributed by atoms with Crippen LogP contribution in [0.2, 0.25) is 0 Å². The van der Waals surface area contributed by atoms with E-state index in [9.17, 15) is 4.79 Å². The van der Waals surface area contributed by atoms with Gasteiger partial charge in [0.25, 0.3) is 5.91 Å². The van der Waals surface area contributed by atoms with Crippen molar-refractivity contribution in [2.45, 2.75) is 12.8 Å². The minimum absolute atomic E-state index is 0.0464. The molecule has 0 unspecified atom stereocenters. The van der Waals surface area contributed by atoms with E-state index in [1.54, 1.807) is 11.3 Å². The third kappa shape index (κ3) is 2.85. The summed E-state index contributed by atoms with van der Waals surface area (Å²) in [6, 6.07) is 10.3. The van der Waals surface area contributed by atoms with Crippen molar-refractivity contribution < 1.29 is 4.79 Å². The molecule has 0 radical (unpaired) electrons. The average molecular weight is 443 g/mol. The lowest BCUT2D eigenvalue weighted by molar-refractivity contribution is 0.0764. The zero-order valence-electron chi connectivity index (χ0n) is 15.0.